The molecule has 1 aliphatic rings. The zero-order chi connectivity index (χ0) is 13.6. The molecule has 5 heteroatoms. The van der Waals surface area contributed by atoms with E-state index < -0.39 is 17.4 Å². The molecule has 0 N–H and O–H groups in total. The fourth-order valence-electron chi connectivity index (χ4n) is 1.75. The van der Waals surface area contributed by atoms with Crippen LogP contribution in [0.4, 0.5) is 0 Å². The molecular formula is C13H18O5. The SMILES string of the molecule is C#CCC(CC1CO1)(C(=O)OCC)C(=O)OCC. The van der Waals surface area contributed by atoms with Gasteiger partial charge in [-0.2, -0.15) is 0 Å². The summed E-state index contributed by atoms with van der Waals surface area (Å²) < 4.78 is 15.0. The Hall–Kier alpha value is -1.54. The smallest absolute Gasteiger partial charge is 0.324 e. The average Bonchev–Trinajstić information content (AvgIpc) is 3.12. The molecule has 1 aliphatic heterocycles. The van der Waals surface area contributed by atoms with E-state index in [4.69, 9.17) is 20.6 Å². The molecule has 100 valence electrons. The van der Waals surface area contributed by atoms with Gasteiger partial charge in [0.15, 0.2) is 5.41 Å². The number of hydrogen-bond donors (Lipinski definition) is 0. The topological polar surface area (TPSA) is 65.1 Å². The lowest BCUT2D eigenvalue weighted by molar-refractivity contribution is -0.172. The van der Waals surface area contributed by atoms with Gasteiger partial charge in [-0.15, -0.1) is 12.3 Å². The van der Waals surface area contributed by atoms with Crippen molar-refractivity contribution < 1.29 is 23.8 Å². The van der Waals surface area contributed by atoms with Crippen LogP contribution in [-0.4, -0.2) is 37.9 Å². The lowest BCUT2D eigenvalue weighted by atomic mass is 9.80. The van der Waals surface area contributed by atoms with Crippen LogP contribution in [0.2, 0.25) is 0 Å². The van der Waals surface area contributed by atoms with Gasteiger partial charge in [0.05, 0.1) is 25.9 Å². The fourth-order valence-corrected chi connectivity index (χ4v) is 1.75. The van der Waals surface area contributed by atoms with E-state index >= 15 is 0 Å². The molecule has 1 rings (SSSR count). The number of carbonyl (C=O) groups is 2. The Morgan fingerprint density at radius 1 is 1.33 bits per heavy atom. The summed E-state index contributed by atoms with van der Waals surface area (Å²) in [5.41, 5.74) is -1.43. The third-order valence-electron chi connectivity index (χ3n) is 2.71. The van der Waals surface area contributed by atoms with Crippen LogP contribution in [-0.2, 0) is 23.8 Å². The maximum atomic E-state index is 12.1. The number of hydrogen-bond acceptors (Lipinski definition) is 5. The maximum absolute atomic E-state index is 12.1. The largest absolute Gasteiger partial charge is 0.465 e. The van der Waals surface area contributed by atoms with Crippen molar-refractivity contribution in [3.05, 3.63) is 0 Å². The molecule has 1 unspecified atom stereocenters. The zero-order valence-corrected chi connectivity index (χ0v) is 10.7. The first-order chi connectivity index (χ1) is 8.60. The first-order valence-corrected chi connectivity index (χ1v) is 6.00. The molecule has 0 aliphatic carbocycles. The highest BCUT2D eigenvalue weighted by atomic mass is 16.6. The van der Waals surface area contributed by atoms with Gasteiger partial charge in [0.1, 0.15) is 0 Å². The summed E-state index contributed by atoms with van der Waals surface area (Å²) in [7, 11) is 0. The Kier molecular flexibility index (Phi) is 5.17. The number of carbonyl (C=O) groups excluding carboxylic acids is 2. The number of rotatable bonds is 7. The van der Waals surface area contributed by atoms with Gasteiger partial charge in [-0.3, -0.25) is 9.59 Å². The van der Waals surface area contributed by atoms with E-state index in [1.165, 1.54) is 0 Å². The van der Waals surface area contributed by atoms with Crippen LogP contribution in [0.15, 0.2) is 0 Å². The molecule has 0 aromatic carbocycles. The lowest BCUT2D eigenvalue weighted by Gasteiger charge is -2.26. The Bertz CT molecular complexity index is 333. The molecule has 5 nitrogen and oxygen atoms in total. The molecule has 1 heterocycles. The van der Waals surface area contributed by atoms with Crippen molar-refractivity contribution in [3.63, 3.8) is 0 Å². The summed E-state index contributed by atoms with van der Waals surface area (Å²) in [6.45, 7) is 4.27. The predicted molar refractivity (Wildman–Crippen MR) is 63.5 cm³/mol. The number of esters is 2. The zero-order valence-electron chi connectivity index (χ0n) is 10.7. The van der Waals surface area contributed by atoms with Gasteiger partial charge in [-0.1, -0.05) is 0 Å². The van der Waals surface area contributed by atoms with Crippen LogP contribution in [0.3, 0.4) is 0 Å². The fraction of sp³-hybridized carbons (Fsp3) is 0.692. The Balaban J connectivity index is 2.95. The monoisotopic (exact) mass is 254 g/mol. The second kappa shape index (κ2) is 6.41. The normalized spacial score (nSPS) is 17.7. The van der Waals surface area contributed by atoms with Crippen LogP contribution in [0.25, 0.3) is 0 Å². The summed E-state index contributed by atoms with van der Waals surface area (Å²) in [6.07, 6.45) is 5.33. The molecule has 0 aromatic rings. The Labute approximate surface area is 107 Å². The van der Waals surface area contributed by atoms with Crippen molar-refractivity contribution in [2.45, 2.75) is 32.8 Å². The number of ether oxygens (including phenoxy) is 3. The molecule has 1 saturated heterocycles. The first-order valence-electron chi connectivity index (χ1n) is 6.00. The van der Waals surface area contributed by atoms with Crippen LogP contribution >= 0.6 is 0 Å². The molecule has 1 fully saturated rings. The average molecular weight is 254 g/mol. The first kappa shape index (κ1) is 14.5. The van der Waals surface area contributed by atoms with E-state index in [1.807, 2.05) is 0 Å². The van der Waals surface area contributed by atoms with Gasteiger partial charge in [-0.25, -0.2) is 0 Å². The third-order valence-corrected chi connectivity index (χ3v) is 2.71. The van der Waals surface area contributed by atoms with E-state index in [-0.39, 0.29) is 32.2 Å². The summed E-state index contributed by atoms with van der Waals surface area (Å²) >= 11 is 0. The molecule has 0 saturated carbocycles. The summed E-state index contributed by atoms with van der Waals surface area (Å²) in [5.74, 6) is 1.11. The van der Waals surface area contributed by atoms with Crippen molar-refractivity contribution in [3.8, 4) is 12.3 Å². The molecule has 0 spiro atoms. The van der Waals surface area contributed by atoms with E-state index in [0.29, 0.717) is 6.61 Å². The minimum Gasteiger partial charge on any atom is -0.465 e. The minimum atomic E-state index is -1.43. The molecule has 0 amide bonds. The van der Waals surface area contributed by atoms with Gasteiger partial charge in [0.2, 0.25) is 0 Å². The highest BCUT2D eigenvalue weighted by Gasteiger charge is 2.52. The van der Waals surface area contributed by atoms with Crippen molar-refractivity contribution in [1.29, 1.82) is 0 Å². The quantitative estimate of drug-likeness (QED) is 0.292. The van der Waals surface area contributed by atoms with Crippen LogP contribution in [0.1, 0.15) is 26.7 Å². The van der Waals surface area contributed by atoms with Gasteiger partial charge in [0, 0.05) is 12.8 Å². The Morgan fingerprint density at radius 3 is 2.17 bits per heavy atom. The predicted octanol–water partition coefficient (Wildman–Crippen LogP) is 0.911. The van der Waals surface area contributed by atoms with Gasteiger partial charge in [0.25, 0.3) is 0 Å². The van der Waals surface area contributed by atoms with Gasteiger partial charge < -0.3 is 14.2 Å². The van der Waals surface area contributed by atoms with Crippen LogP contribution in [0.5, 0.6) is 0 Å². The second-order valence-corrected chi connectivity index (χ2v) is 4.06. The molecular weight excluding hydrogens is 236 g/mol. The Morgan fingerprint density at radius 2 is 1.83 bits per heavy atom. The third kappa shape index (κ3) is 3.23. The van der Waals surface area contributed by atoms with Crippen molar-refractivity contribution >= 4 is 11.9 Å². The second-order valence-electron chi connectivity index (χ2n) is 4.06. The van der Waals surface area contributed by atoms with E-state index in [1.54, 1.807) is 13.8 Å². The number of terminal acetylenes is 1. The summed E-state index contributed by atoms with van der Waals surface area (Å²) in [6, 6.07) is 0. The van der Waals surface area contributed by atoms with Gasteiger partial charge in [-0.05, 0) is 13.8 Å². The molecule has 0 bridgehead atoms. The maximum Gasteiger partial charge on any atom is 0.324 e. The molecule has 1 atom stereocenters. The molecule has 18 heavy (non-hydrogen) atoms. The van der Waals surface area contributed by atoms with E-state index in [9.17, 15) is 9.59 Å². The van der Waals surface area contributed by atoms with Crippen molar-refractivity contribution in [2.75, 3.05) is 19.8 Å². The molecule has 0 aromatic heterocycles. The van der Waals surface area contributed by atoms with Crippen LogP contribution in [0, 0.1) is 17.8 Å². The van der Waals surface area contributed by atoms with Gasteiger partial charge >= 0.3 is 11.9 Å². The minimum absolute atomic E-state index is 0.0372. The molecule has 0 radical (unpaired) electrons. The highest BCUT2D eigenvalue weighted by Crippen LogP contribution is 2.36. The summed E-state index contributed by atoms with van der Waals surface area (Å²) in [5, 5.41) is 0. The highest BCUT2D eigenvalue weighted by molar-refractivity contribution is 6.00. The van der Waals surface area contributed by atoms with E-state index in [0.717, 1.165) is 0 Å². The van der Waals surface area contributed by atoms with E-state index in [2.05, 4.69) is 5.92 Å². The van der Waals surface area contributed by atoms with Crippen molar-refractivity contribution in [2.24, 2.45) is 5.41 Å². The van der Waals surface area contributed by atoms with Crippen molar-refractivity contribution in [1.82, 2.24) is 0 Å². The number of epoxide rings is 1. The van der Waals surface area contributed by atoms with Crippen LogP contribution < -0.4 is 0 Å². The summed E-state index contributed by atoms with van der Waals surface area (Å²) in [4.78, 5) is 24.1. The standard InChI is InChI=1S/C13H18O5/c1-4-7-13(8-10-9-18-10,11(14)16-5-2)12(15)17-6-3/h1,10H,5-9H2,2-3H3. The lowest BCUT2D eigenvalue weighted by Crippen LogP contribution is -2.43.